The summed E-state index contributed by atoms with van der Waals surface area (Å²) in [6.45, 7) is 2.64. The summed E-state index contributed by atoms with van der Waals surface area (Å²) in [5.41, 5.74) is 2.70. The van der Waals surface area contributed by atoms with E-state index in [1.54, 1.807) is 13.2 Å². The fourth-order valence-corrected chi connectivity index (χ4v) is 3.77. The highest BCUT2D eigenvalue weighted by Gasteiger charge is 2.20. The fraction of sp³-hybridized carbons (Fsp3) is 0.269. The van der Waals surface area contributed by atoms with Gasteiger partial charge >= 0.3 is 0 Å². The van der Waals surface area contributed by atoms with Crippen LogP contribution >= 0.6 is 0 Å². The third-order valence-electron chi connectivity index (χ3n) is 5.33. The van der Waals surface area contributed by atoms with Gasteiger partial charge in [0.25, 0.3) is 5.91 Å². The van der Waals surface area contributed by atoms with Crippen LogP contribution in [0.2, 0.25) is 0 Å². The molecule has 1 N–H and O–H groups in total. The number of methoxy groups -OCH3 is 1. The van der Waals surface area contributed by atoms with Crippen molar-refractivity contribution in [1.29, 1.82) is 0 Å². The molecule has 0 fully saturated rings. The van der Waals surface area contributed by atoms with Crippen LogP contribution in [0.15, 0.2) is 66.7 Å². The van der Waals surface area contributed by atoms with Gasteiger partial charge in [-0.25, -0.2) is 0 Å². The number of hydrogen-bond acceptors (Lipinski definition) is 5. The van der Waals surface area contributed by atoms with Crippen LogP contribution in [0.5, 0.6) is 23.0 Å². The molecule has 3 aromatic carbocycles. The van der Waals surface area contributed by atoms with Gasteiger partial charge < -0.3 is 24.3 Å². The number of fused-ring (bicyclic) bond motifs is 1. The zero-order valence-electron chi connectivity index (χ0n) is 18.3. The lowest BCUT2D eigenvalue weighted by Gasteiger charge is -2.20. The van der Waals surface area contributed by atoms with Crippen molar-refractivity contribution in [2.45, 2.75) is 25.8 Å². The monoisotopic (exact) mass is 433 g/mol. The van der Waals surface area contributed by atoms with Crippen molar-refractivity contribution in [3.63, 3.8) is 0 Å². The van der Waals surface area contributed by atoms with Crippen molar-refractivity contribution >= 4 is 5.91 Å². The Morgan fingerprint density at radius 2 is 1.69 bits per heavy atom. The van der Waals surface area contributed by atoms with E-state index in [1.807, 2.05) is 67.6 Å². The first-order chi connectivity index (χ1) is 15.7. The van der Waals surface area contributed by atoms with E-state index < -0.39 is 0 Å². The summed E-state index contributed by atoms with van der Waals surface area (Å²) >= 11 is 0. The van der Waals surface area contributed by atoms with Crippen molar-refractivity contribution < 1.29 is 23.7 Å². The molecule has 0 bridgehead atoms. The molecule has 32 heavy (non-hydrogen) atoms. The van der Waals surface area contributed by atoms with E-state index in [9.17, 15) is 4.79 Å². The maximum Gasteiger partial charge on any atom is 0.255 e. The van der Waals surface area contributed by atoms with Crippen LogP contribution in [0.25, 0.3) is 0 Å². The van der Waals surface area contributed by atoms with Crippen LogP contribution in [0, 0.1) is 0 Å². The summed E-state index contributed by atoms with van der Waals surface area (Å²) in [5.74, 6) is 2.71. The van der Waals surface area contributed by atoms with Gasteiger partial charge in [-0.1, -0.05) is 30.3 Å². The van der Waals surface area contributed by atoms with Crippen molar-refractivity contribution in [2.75, 3.05) is 20.5 Å². The predicted octanol–water partition coefficient (Wildman–Crippen LogP) is 4.41. The molecule has 1 atom stereocenters. The van der Waals surface area contributed by atoms with Crippen molar-refractivity contribution in [3.8, 4) is 23.0 Å². The first-order valence-corrected chi connectivity index (χ1v) is 10.7. The number of para-hydroxylation sites is 1. The number of carbonyl (C=O) groups excluding carboxylic acids is 1. The molecule has 1 aliphatic rings. The third kappa shape index (κ3) is 5.14. The van der Waals surface area contributed by atoms with Gasteiger partial charge in [-0.3, -0.25) is 4.79 Å². The van der Waals surface area contributed by atoms with Gasteiger partial charge in [0, 0.05) is 6.04 Å². The van der Waals surface area contributed by atoms with Crippen LogP contribution < -0.4 is 24.3 Å². The smallest absolute Gasteiger partial charge is 0.255 e. The molecule has 1 amide bonds. The van der Waals surface area contributed by atoms with E-state index in [2.05, 4.69) is 5.32 Å². The fourth-order valence-electron chi connectivity index (χ4n) is 3.77. The second-order valence-corrected chi connectivity index (χ2v) is 7.54. The topological polar surface area (TPSA) is 66.0 Å². The SMILES string of the molecule is CCOc1ccccc1C(=O)N[C@H](Cc1ccc(OC)cc1)Cc1ccc2c(c1)OCO2. The molecule has 0 saturated carbocycles. The Bertz CT molecular complexity index is 1060. The van der Waals surface area contributed by atoms with Gasteiger partial charge in [0.15, 0.2) is 11.5 Å². The standard InChI is InChI=1S/C26H27NO5/c1-3-30-23-7-5-4-6-22(23)26(28)27-20(14-18-8-11-21(29-2)12-9-18)15-19-10-13-24-25(16-19)32-17-31-24/h4-13,16,20H,3,14-15,17H2,1-2H3,(H,27,28)/t20-/m1/s1. The number of ether oxygens (including phenoxy) is 4. The minimum atomic E-state index is -0.159. The zero-order valence-corrected chi connectivity index (χ0v) is 18.3. The number of benzene rings is 3. The average molecular weight is 434 g/mol. The minimum absolute atomic E-state index is 0.133. The van der Waals surface area contributed by atoms with Crippen LogP contribution in [-0.4, -0.2) is 32.5 Å². The zero-order chi connectivity index (χ0) is 22.3. The number of rotatable bonds is 9. The molecule has 6 heteroatoms. The molecule has 6 nitrogen and oxygen atoms in total. The van der Waals surface area contributed by atoms with E-state index in [-0.39, 0.29) is 18.7 Å². The van der Waals surface area contributed by atoms with Crippen LogP contribution in [-0.2, 0) is 12.8 Å². The molecule has 0 aliphatic carbocycles. The summed E-state index contributed by atoms with van der Waals surface area (Å²) in [7, 11) is 1.65. The molecule has 4 rings (SSSR count). The van der Waals surface area contributed by atoms with Crippen molar-refractivity contribution in [2.24, 2.45) is 0 Å². The third-order valence-corrected chi connectivity index (χ3v) is 5.33. The molecule has 1 aliphatic heterocycles. The highest BCUT2D eigenvalue weighted by Crippen LogP contribution is 2.33. The lowest BCUT2D eigenvalue weighted by molar-refractivity contribution is 0.0933. The first kappa shape index (κ1) is 21.6. The van der Waals surface area contributed by atoms with Crippen LogP contribution in [0.4, 0.5) is 0 Å². The Balaban J connectivity index is 1.55. The van der Waals surface area contributed by atoms with Gasteiger partial charge in [-0.2, -0.15) is 0 Å². The summed E-state index contributed by atoms with van der Waals surface area (Å²) in [6.07, 6.45) is 1.31. The number of hydrogen-bond donors (Lipinski definition) is 1. The highest BCUT2D eigenvalue weighted by molar-refractivity contribution is 5.97. The Labute approximate surface area is 188 Å². The molecular weight excluding hydrogens is 406 g/mol. The number of nitrogens with one attached hydrogen (secondary N) is 1. The van der Waals surface area contributed by atoms with E-state index >= 15 is 0 Å². The average Bonchev–Trinajstić information content (AvgIpc) is 3.28. The quantitative estimate of drug-likeness (QED) is 0.542. The molecule has 0 unspecified atom stereocenters. The van der Waals surface area contributed by atoms with Crippen LogP contribution in [0.1, 0.15) is 28.4 Å². The molecular formula is C26H27NO5. The summed E-state index contributed by atoms with van der Waals surface area (Å²) < 4.78 is 21.8. The summed E-state index contributed by atoms with van der Waals surface area (Å²) in [5, 5.41) is 3.20. The lowest BCUT2D eigenvalue weighted by Crippen LogP contribution is -2.38. The highest BCUT2D eigenvalue weighted by atomic mass is 16.7. The lowest BCUT2D eigenvalue weighted by atomic mass is 9.98. The van der Waals surface area contributed by atoms with Gasteiger partial charge in [0.1, 0.15) is 11.5 Å². The second kappa shape index (κ2) is 10.1. The first-order valence-electron chi connectivity index (χ1n) is 10.7. The maximum atomic E-state index is 13.2. The largest absolute Gasteiger partial charge is 0.497 e. The predicted molar refractivity (Wildman–Crippen MR) is 122 cm³/mol. The van der Waals surface area contributed by atoms with Crippen molar-refractivity contribution in [3.05, 3.63) is 83.4 Å². The molecule has 166 valence electrons. The van der Waals surface area contributed by atoms with E-state index in [0.717, 1.165) is 28.4 Å². The number of amides is 1. The molecule has 0 saturated heterocycles. The molecule has 3 aromatic rings. The van der Waals surface area contributed by atoms with Gasteiger partial charge in [0.2, 0.25) is 6.79 Å². The van der Waals surface area contributed by atoms with Crippen LogP contribution in [0.3, 0.4) is 0 Å². The molecule has 1 heterocycles. The van der Waals surface area contributed by atoms with E-state index in [4.69, 9.17) is 18.9 Å². The van der Waals surface area contributed by atoms with Gasteiger partial charge in [0.05, 0.1) is 19.3 Å². The van der Waals surface area contributed by atoms with Crippen molar-refractivity contribution in [1.82, 2.24) is 5.32 Å². The summed E-state index contributed by atoms with van der Waals surface area (Å²) in [4.78, 5) is 13.2. The molecule has 0 spiro atoms. The van der Waals surface area contributed by atoms with E-state index in [1.165, 1.54) is 0 Å². The molecule has 0 radical (unpaired) electrons. The normalized spacial score (nSPS) is 12.8. The van der Waals surface area contributed by atoms with E-state index in [0.29, 0.717) is 30.8 Å². The Morgan fingerprint density at radius 1 is 0.969 bits per heavy atom. The minimum Gasteiger partial charge on any atom is -0.497 e. The number of carbonyl (C=O) groups is 1. The Morgan fingerprint density at radius 3 is 2.47 bits per heavy atom. The summed E-state index contributed by atoms with van der Waals surface area (Å²) in [6, 6.07) is 21.0. The van der Waals surface area contributed by atoms with Gasteiger partial charge in [-0.15, -0.1) is 0 Å². The maximum absolute atomic E-state index is 13.2. The van der Waals surface area contributed by atoms with Gasteiger partial charge in [-0.05, 0) is 67.3 Å². The molecule has 0 aromatic heterocycles. The Hall–Kier alpha value is -3.67. The Kier molecular flexibility index (Phi) is 6.80. The second-order valence-electron chi connectivity index (χ2n) is 7.54.